The first kappa shape index (κ1) is 18.5. The number of nitrogens with one attached hydrogen (secondary N) is 1. The molecule has 0 atom stereocenters. The number of aromatic nitrogens is 1. The molecular formula is C22H23N3O2. The summed E-state index contributed by atoms with van der Waals surface area (Å²) < 4.78 is 5.44. The number of pyridine rings is 1. The third-order valence-electron chi connectivity index (χ3n) is 4.05. The average molecular weight is 361 g/mol. The number of carbonyl (C=O) groups excluding carboxylic acids is 1. The number of rotatable bonds is 7. The van der Waals surface area contributed by atoms with Gasteiger partial charge in [-0.3, -0.25) is 4.79 Å². The first-order chi connectivity index (χ1) is 13.2. The van der Waals surface area contributed by atoms with Gasteiger partial charge in [0.2, 0.25) is 0 Å². The highest BCUT2D eigenvalue weighted by atomic mass is 16.5. The van der Waals surface area contributed by atoms with Crippen LogP contribution in [0.3, 0.4) is 0 Å². The molecule has 2 aromatic carbocycles. The van der Waals surface area contributed by atoms with E-state index in [9.17, 15) is 4.79 Å². The zero-order chi connectivity index (χ0) is 19.1. The smallest absolute Gasteiger partial charge is 0.254 e. The van der Waals surface area contributed by atoms with E-state index in [0.717, 1.165) is 17.0 Å². The first-order valence-electron chi connectivity index (χ1n) is 8.91. The Hall–Kier alpha value is -3.34. The van der Waals surface area contributed by atoms with Gasteiger partial charge in [0.15, 0.2) is 0 Å². The number of carbonyl (C=O) groups is 1. The van der Waals surface area contributed by atoms with E-state index in [1.807, 2.05) is 61.5 Å². The third kappa shape index (κ3) is 5.07. The van der Waals surface area contributed by atoms with Gasteiger partial charge in [0, 0.05) is 31.0 Å². The van der Waals surface area contributed by atoms with E-state index in [2.05, 4.69) is 10.3 Å². The molecule has 1 heterocycles. The summed E-state index contributed by atoms with van der Waals surface area (Å²) in [6.07, 6.45) is 1.64. The van der Waals surface area contributed by atoms with Gasteiger partial charge in [0.1, 0.15) is 11.6 Å². The fraction of sp³-hybridized carbons (Fsp3) is 0.182. The molecule has 5 heteroatoms. The second-order valence-corrected chi connectivity index (χ2v) is 6.16. The van der Waals surface area contributed by atoms with Crippen molar-refractivity contribution < 1.29 is 9.53 Å². The molecule has 0 bridgehead atoms. The van der Waals surface area contributed by atoms with E-state index in [-0.39, 0.29) is 5.91 Å². The quantitative estimate of drug-likeness (QED) is 0.673. The highest BCUT2D eigenvalue weighted by molar-refractivity contribution is 5.94. The maximum atomic E-state index is 12.7. The fourth-order valence-electron chi connectivity index (χ4n) is 2.73. The van der Waals surface area contributed by atoms with Crippen LogP contribution in [0.5, 0.6) is 5.75 Å². The van der Waals surface area contributed by atoms with Crippen LogP contribution in [0.2, 0.25) is 0 Å². The molecule has 0 saturated heterocycles. The van der Waals surface area contributed by atoms with Crippen molar-refractivity contribution in [2.24, 2.45) is 0 Å². The minimum Gasteiger partial charge on any atom is -0.494 e. The summed E-state index contributed by atoms with van der Waals surface area (Å²) in [6.45, 7) is 3.14. The van der Waals surface area contributed by atoms with E-state index in [4.69, 9.17) is 4.74 Å². The molecule has 0 saturated carbocycles. The maximum Gasteiger partial charge on any atom is 0.254 e. The summed E-state index contributed by atoms with van der Waals surface area (Å²) >= 11 is 0. The van der Waals surface area contributed by atoms with Crippen LogP contribution in [-0.4, -0.2) is 29.4 Å². The van der Waals surface area contributed by atoms with E-state index < -0.39 is 0 Å². The van der Waals surface area contributed by atoms with Crippen LogP contribution in [0.4, 0.5) is 11.5 Å². The lowest BCUT2D eigenvalue weighted by atomic mass is 10.2. The molecule has 0 radical (unpaired) electrons. The van der Waals surface area contributed by atoms with Crippen LogP contribution in [0.25, 0.3) is 0 Å². The Morgan fingerprint density at radius 3 is 2.52 bits per heavy atom. The summed E-state index contributed by atoms with van der Waals surface area (Å²) in [4.78, 5) is 18.7. The number of hydrogen-bond donors (Lipinski definition) is 1. The fourth-order valence-corrected chi connectivity index (χ4v) is 2.73. The van der Waals surface area contributed by atoms with Crippen molar-refractivity contribution in [1.82, 2.24) is 9.88 Å². The predicted molar refractivity (Wildman–Crippen MR) is 107 cm³/mol. The lowest BCUT2D eigenvalue weighted by Gasteiger charge is -2.17. The van der Waals surface area contributed by atoms with Crippen molar-refractivity contribution in [3.63, 3.8) is 0 Å². The minimum absolute atomic E-state index is 0.0454. The van der Waals surface area contributed by atoms with Gasteiger partial charge < -0.3 is 15.0 Å². The van der Waals surface area contributed by atoms with Crippen molar-refractivity contribution >= 4 is 17.4 Å². The highest BCUT2D eigenvalue weighted by Gasteiger charge is 2.13. The topological polar surface area (TPSA) is 54.5 Å². The Bertz CT molecular complexity index is 880. The van der Waals surface area contributed by atoms with Crippen molar-refractivity contribution in [2.45, 2.75) is 13.5 Å². The monoisotopic (exact) mass is 361 g/mol. The van der Waals surface area contributed by atoms with Crippen LogP contribution >= 0.6 is 0 Å². The molecule has 1 aromatic heterocycles. The SMILES string of the molecule is CCOc1ccc(Nc2cc(C(=O)N(C)Cc3ccccc3)ccn2)cc1. The van der Waals surface area contributed by atoms with Gasteiger partial charge in [-0.05, 0) is 48.9 Å². The second-order valence-electron chi connectivity index (χ2n) is 6.16. The van der Waals surface area contributed by atoms with Gasteiger partial charge in [-0.25, -0.2) is 4.98 Å². The maximum absolute atomic E-state index is 12.7. The van der Waals surface area contributed by atoms with E-state index in [0.29, 0.717) is 24.5 Å². The van der Waals surface area contributed by atoms with Crippen LogP contribution in [0.1, 0.15) is 22.8 Å². The summed E-state index contributed by atoms with van der Waals surface area (Å²) in [7, 11) is 1.80. The molecule has 1 N–H and O–H groups in total. The summed E-state index contributed by atoms with van der Waals surface area (Å²) in [5.74, 6) is 1.40. The number of amides is 1. The van der Waals surface area contributed by atoms with Gasteiger partial charge in [0.25, 0.3) is 5.91 Å². The van der Waals surface area contributed by atoms with Gasteiger partial charge in [-0.15, -0.1) is 0 Å². The molecule has 0 aliphatic carbocycles. The molecule has 3 rings (SSSR count). The van der Waals surface area contributed by atoms with Crippen LogP contribution in [0.15, 0.2) is 72.9 Å². The first-order valence-corrected chi connectivity index (χ1v) is 8.91. The number of benzene rings is 2. The molecule has 27 heavy (non-hydrogen) atoms. The average Bonchev–Trinajstić information content (AvgIpc) is 2.70. The highest BCUT2D eigenvalue weighted by Crippen LogP contribution is 2.20. The van der Waals surface area contributed by atoms with Gasteiger partial charge in [0.05, 0.1) is 6.61 Å². The molecule has 0 aliphatic rings. The lowest BCUT2D eigenvalue weighted by Crippen LogP contribution is -2.26. The Morgan fingerprint density at radius 2 is 1.81 bits per heavy atom. The molecule has 0 unspecified atom stereocenters. The summed E-state index contributed by atoms with van der Waals surface area (Å²) in [5, 5.41) is 3.22. The van der Waals surface area contributed by atoms with Crippen molar-refractivity contribution in [3.8, 4) is 5.75 Å². The minimum atomic E-state index is -0.0454. The van der Waals surface area contributed by atoms with E-state index >= 15 is 0 Å². The zero-order valence-electron chi connectivity index (χ0n) is 15.6. The standard InChI is InChI=1S/C22H23N3O2/c1-3-27-20-11-9-19(10-12-20)24-21-15-18(13-14-23-21)22(26)25(2)16-17-7-5-4-6-8-17/h4-15H,3,16H2,1-2H3,(H,23,24). The molecule has 138 valence electrons. The van der Waals surface area contributed by atoms with Crippen molar-refractivity contribution in [1.29, 1.82) is 0 Å². The van der Waals surface area contributed by atoms with Crippen molar-refractivity contribution in [3.05, 3.63) is 84.1 Å². The van der Waals surface area contributed by atoms with Crippen molar-refractivity contribution in [2.75, 3.05) is 19.0 Å². The largest absolute Gasteiger partial charge is 0.494 e. The van der Waals surface area contributed by atoms with Crippen LogP contribution in [-0.2, 0) is 6.54 Å². The number of ether oxygens (including phenoxy) is 1. The Morgan fingerprint density at radius 1 is 1.07 bits per heavy atom. The number of nitrogens with zero attached hydrogens (tertiary/aromatic N) is 2. The summed E-state index contributed by atoms with van der Waals surface area (Å²) in [5.41, 5.74) is 2.57. The molecule has 0 aliphatic heterocycles. The molecule has 1 amide bonds. The van der Waals surface area contributed by atoms with Gasteiger partial charge in [-0.1, -0.05) is 30.3 Å². The van der Waals surface area contributed by atoms with E-state index in [1.165, 1.54) is 0 Å². The zero-order valence-corrected chi connectivity index (χ0v) is 15.6. The molecule has 3 aromatic rings. The lowest BCUT2D eigenvalue weighted by molar-refractivity contribution is 0.0785. The summed E-state index contributed by atoms with van der Waals surface area (Å²) in [6, 6.07) is 21.1. The molecule has 5 nitrogen and oxygen atoms in total. The Kier molecular flexibility index (Phi) is 6.05. The van der Waals surface area contributed by atoms with E-state index in [1.54, 1.807) is 30.3 Å². The van der Waals surface area contributed by atoms with Crippen LogP contribution in [0, 0.1) is 0 Å². The van der Waals surface area contributed by atoms with Crippen LogP contribution < -0.4 is 10.1 Å². The number of hydrogen-bond acceptors (Lipinski definition) is 4. The van der Waals surface area contributed by atoms with Gasteiger partial charge in [-0.2, -0.15) is 0 Å². The Labute approximate surface area is 159 Å². The molecule has 0 spiro atoms. The van der Waals surface area contributed by atoms with Gasteiger partial charge >= 0.3 is 0 Å². The Balaban J connectivity index is 1.68. The molecule has 0 fully saturated rings. The second kappa shape index (κ2) is 8.85. The molecular weight excluding hydrogens is 338 g/mol. The number of anilines is 2. The third-order valence-corrected chi connectivity index (χ3v) is 4.05. The normalized spacial score (nSPS) is 10.3. The predicted octanol–water partition coefficient (Wildman–Crippen LogP) is 4.50.